The van der Waals surface area contributed by atoms with Gasteiger partial charge in [0.1, 0.15) is 34.9 Å². The highest BCUT2D eigenvalue weighted by Crippen LogP contribution is 2.33. The molecule has 35 heavy (non-hydrogen) atoms. The Labute approximate surface area is 198 Å². The second-order valence-corrected chi connectivity index (χ2v) is 8.34. The first-order chi connectivity index (χ1) is 16.8. The number of nitrogens with one attached hydrogen (secondary N) is 1. The summed E-state index contributed by atoms with van der Waals surface area (Å²) >= 11 is 0. The molecule has 11 heteroatoms. The molecule has 9 nitrogen and oxygen atoms in total. The molecule has 1 aliphatic heterocycles. The minimum atomic E-state index is -1.04. The van der Waals surface area contributed by atoms with E-state index in [-0.39, 0.29) is 54.5 Å². The highest BCUT2D eigenvalue weighted by molar-refractivity contribution is 5.71. The summed E-state index contributed by atoms with van der Waals surface area (Å²) in [5.74, 6) is -1.51. The molecule has 0 bridgehead atoms. The molecule has 178 valence electrons. The van der Waals surface area contributed by atoms with E-state index in [1.165, 1.54) is 11.1 Å². The maximum Gasteiger partial charge on any atom is 0.407 e. The molecule has 1 unspecified atom stereocenters. The molecule has 0 saturated carbocycles. The molecule has 1 atom stereocenters. The van der Waals surface area contributed by atoms with Crippen LogP contribution in [0.15, 0.2) is 36.7 Å². The first-order valence-electron chi connectivity index (χ1n) is 10.9. The number of pyridine rings is 1. The number of hydrogen-bond donors (Lipinski definition) is 2. The number of carbonyl (C=O) groups is 1. The van der Waals surface area contributed by atoms with Gasteiger partial charge < -0.3 is 24.1 Å². The van der Waals surface area contributed by atoms with Crippen molar-refractivity contribution >= 4 is 11.7 Å². The van der Waals surface area contributed by atoms with E-state index in [4.69, 9.17) is 10.00 Å². The Bertz CT molecular complexity index is 1470. The lowest BCUT2D eigenvalue weighted by Crippen LogP contribution is -2.45. The molecular weight excluding hydrogens is 458 g/mol. The monoisotopic (exact) mass is 478 g/mol. The second-order valence-electron chi connectivity index (χ2n) is 8.34. The summed E-state index contributed by atoms with van der Waals surface area (Å²) in [5, 5.41) is 18.3. The molecule has 2 N–H and O–H groups in total. The molecule has 1 aliphatic rings. The van der Waals surface area contributed by atoms with Crippen LogP contribution in [0, 0.1) is 29.9 Å². The van der Waals surface area contributed by atoms with Crippen molar-refractivity contribution in [3.05, 3.63) is 65.2 Å². The molecule has 0 radical (unpaired) electrons. The van der Waals surface area contributed by atoms with Gasteiger partial charge in [-0.1, -0.05) is 0 Å². The number of morpholine rings is 1. The summed E-state index contributed by atoms with van der Waals surface area (Å²) < 4.78 is 38.3. The number of aryl methyl sites for hydroxylation is 1. The minimum Gasteiger partial charge on any atom is -0.465 e. The van der Waals surface area contributed by atoms with Crippen molar-refractivity contribution in [3.63, 3.8) is 0 Å². The number of hydrogen-bond acceptors (Lipinski definition) is 5. The van der Waals surface area contributed by atoms with Crippen LogP contribution in [0.1, 0.15) is 17.0 Å². The summed E-state index contributed by atoms with van der Waals surface area (Å²) in [7, 11) is 0. The third kappa shape index (κ3) is 4.20. The predicted octanol–water partition coefficient (Wildman–Crippen LogP) is 3.77. The highest BCUT2D eigenvalue weighted by atomic mass is 19.1. The van der Waals surface area contributed by atoms with Gasteiger partial charge in [0.15, 0.2) is 0 Å². The van der Waals surface area contributed by atoms with Crippen LogP contribution in [0.3, 0.4) is 0 Å². The standard InChI is InChI=1S/C24H20F2N6O3/c1-13-2-3-32-19(9-16-12-31(24(33)34)4-5-35-16)22(30-20(32)6-13)21-17(25)7-14(8-18(21)26)23-28-11-15(10-27)29-23/h2-3,6-8,11,16H,4-5,9,12H2,1H3,(H,28,29)(H,33,34). The number of imidazole rings is 2. The van der Waals surface area contributed by atoms with Crippen molar-refractivity contribution in [2.75, 3.05) is 19.7 Å². The predicted molar refractivity (Wildman–Crippen MR) is 121 cm³/mol. The Kier molecular flexibility index (Phi) is 5.66. The molecule has 1 saturated heterocycles. The highest BCUT2D eigenvalue weighted by Gasteiger charge is 2.28. The number of H-pyrrole nitrogens is 1. The van der Waals surface area contributed by atoms with Gasteiger partial charge in [0.25, 0.3) is 0 Å². The van der Waals surface area contributed by atoms with E-state index in [2.05, 4.69) is 15.0 Å². The molecule has 4 heterocycles. The Hall–Kier alpha value is -4.30. The lowest BCUT2D eigenvalue weighted by atomic mass is 10.0. The van der Waals surface area contributed by atoms with Crippen LogP contribution in [-0.2, 0) is 11.2 Å². The Morgan fingerprint density at radius 2 is 2.11 bits per heavy atom. The zero-order valence-electron chi connectivity index (χ0n) is 18.6. The Morgan fingerprint density at radius 1 is 1.34 bits per heavy atom. The number of amides is 1. The zero-order valence-corrected chi connectivity index (χ0v) is 18.6. The van der Waals surface area contributed by atoms with E-state index in [0.717, 1.165) is 17.7 Å². The first kappa shape index (κ1) is 22.5. The average molecular weight is 478 g/mol. The molecule has 0 spiro atoms. The number of rotatable bonds is 4. The summed E-state index contributed by atoms with van der Waals surface area (Å²) in [6, 6.07) is 7.82. The lowest BCUT2D eigenvalue weighted by molar-refractivity contribution is -0.0214. The number of nitriles is 1. The summed E-state index contributed by atoms with van der Waals surface area (Å²) in [6.45, 7) is 2.51. The fourth-order valence-electron chi connectivity index (χ4n) is 4.29. The van der Waals surface area contributed by atoms with Gasteiger partial charge in [0, 0.05) is 24.7 Å². The number of nitrogens with zero attached hydrogens (tertiary/aromatic N) is 5. The van der Waals surface area contributed by atoms with E-state index in [9.17, 15) is 9.90 Å². The minimum absolute atomic E-state index is 0.116. The van der Waals surface area contributed by atoms with Gasteiger partial charge >= 0.3 is 6.09 Å². The Morgan fingerprint density at radius 3 is 2.80 bits per heavy atom. The van der Waals surface area contributed by atoms with Crippen molar-refractivity contribution in [3.8, 4) is 28.7 Å². The topological polar surface area (TPSA) is 120 Å². The summed E-state index contributed by atoms with van der Waals surface area (Å²) in [4.78, 5) is 23.9. The molecule has 5 rings (SSSR count). The van der Waals surface area contributed by atoms with E-state index in [1.54, 1.807) is 16.7 Å². The number of fused-ring (bicyclic) bond motifs is 1. The van der Waals surface area contributed by atoms with Gasteiger partial charge in [-0.2, -0.15) is 5.26 Å². The normalized spacial score (nSPS) is 15.9. The van der Waals surface area contributed by atoms with Gasteiger partial charge in [-0.15, -0.1) is 0 Å². The Balaban J connectivity index is 1.60. The van der Waals surface area contributed by atoms with Crippen LogP contribution in [0.4, 0.5) is 13.6 Å². The van der Waals surface area contributed by atoms with Crippen LogP contribution in [0.25, 0.3) is 28.3 Å². The number of aromatic nitrogens is 4. The SMILES string of the molecule is Cc1ccn2c(CC3CN(C(=O)O)CCO3)c(-c3c(F)cc(-c4ncc(C#N)[nH]4)cc3F)nc2c1. The molecule has 0 aliphatic carbocycles. The van der Waals surface area contributed by atoms with Crippen molar-refractivity contribution < 1.29 is 23.4 Å². The maximum absolute atomic E-state index is 15.4. The van der Waals surface area contributed by atoms with E-state index in [0.29, 0.717) is 11.3 Å². The van der Waals surface area contributed by atoms with Gasteiger partial charge in [-0.3, -0.25) is 0 Å². The van der Waals surface area contributed by atoms with Gasteiger partial charge in [0.05, 0.1) is 42.4 Å². The maximum atomic E-state index is 15.4. The number of ether oxygens (including phenoxy) is 1. The smallest absolute Gasteiger partial charge is 0.407 e. The van der Waals surface area contributed by atoms with Crippen LogP contribution in [-0.4, -0.2) is 61.3 Å². The van der Waals surface area contributed by atoms with E-state index < -0.39 is 23.8 Å². The van der Waals surface area contributed by atoms with Crippen molar-refractivity contribution in [2.24, 2.45) is 0 Å². The van der Waals surface area contributed by atoms with Crippen molar-refractivity contribution in [1.29, 1.82) is 5.26 Å². The number of carboxylic acid groups (broad SMARTS) is 1. The zero-order chi connectivity index (χ0) is 24.7. The number of halogens is 2. The van der Waals surface area contributed by atoms with Crippen LogP contribution < -0.4 is 0 Å². The first-order valence-corrected chi connectivity index (χ1v) is 10.9. The number of benzene rings is 1. The van der Waals surface area contributed by atoms with Crippen LogP contribution >= 0.6 is 0 Å². The quantitative estimate of drug-likeness (QED) is 0.461. The summed E-state index contributed by atoms with van der Waals surface area (Å²) in [6.07, 6.45) is 1.71. The lowest BCUT2D eigenvalue weighted by Gasteiger charge is -2.31. The van der Waals surface area contributed by atoms with Crippen molar-refractivity contribution in [1.82, 2.24) is 24.3 Å². The number of aromatic amines is 1. The average Bonchev–Trinajstić information content (AvgIpc) is 3.44. The molecular formula is C24H20F2N6O3. The van der Waals surface area contributed by atoms with E-state index in [1.807, 2.05) is 19.1 Å². The van der Waals surface area contributed by atoms with Crippen LogP contribution in [0.2, 0.25) is 0 Å². The molecule has 1 amide bonds. The third-order valence-electron chi connectivity index (χ3n) is 5.96. The fourth-order valence-corrected chi connectivity index (χ4v) is 4.29. The third-order valence-corrected chi connectivity index (χ3v) is 5.96. The van der Waals surface area contributed by atoms with E-state index >= 15 is 8.78 Å². The van der Waals surface area contributed by atoms with Gasteiger partial charge in [0.2, 0.25) is 0 Å². The van der Waals surface area contributed by atoms with Gasteiger partial charge in [-0.05, 0) is 36.8 Å². The van der Waals surface area contributed by atoms with Gasteiger partial charge in [-0.25, -0.2) is 23.5 Å². The van der Waals surface area contributed by atoms with Crippen molar-refractivity contribution in [2.45, 2.75) is 19.4 Å². The molecule has 4 aromatic rings. The molecule has 1 fully saturated rings. The molecule has 1 aromatic carbocycles. The fraction of sp³-hybridized carbons (Fsp3) is 0.250. The second kappa shape index (κ2) is 8.81. The summed E-state index contributed by atoms with van der Waals surface area (Å²) in [5.41, 5.74) is 2.08. The van der Waals surface area contributed by atoms with Crippen LogP contribution in [0.5, 0.6) is 0 Å². The largest absolute Gasteiger partial charge is 0.465 e. The molecule has 3 aromatic heterocycles.